The van der Waals surface area contributed by atoms with Gasteiger partial charge in [-0.05, 0) is 25.3 Å². The van der Waals surface area contributed by atoms with E-state index in [1.807, 2.05) is 0 Å². The van der Waals surface area contributed by atoms with E-state index in [1.165, 1.54) is 0 Å². The van der Waals surface area contributed by atoms with Gasteiger partial charge in [-0.25, -0.2) is 22.8 Å². The number of rotatable bonds is 4. The smallest absolute Gasteiger partial charge is 0.316 e. The van der Waals surface area contributed by atoms with Crippen LogP contribution in [0.1, 0.15) is 19.3 Å². The molecule has 1 atom stereocenters. The van der Waals surface area contributed by atoms with Crippen molar-refractivity contribution < 1.29 is 22.3 Å². The zero-order chi connectivity index (χ0) is 17.7. The minimum Gasteiger partial charge on any atom is -0.463 e. The van der Waals surface area contributed by atoms with Crippen LogP contribution in [-0.4, -0.2) is 65.6 Å². The quantitative estimate of drug-likeness (QED) is 0.773. The van der Waals surface area contributed by atoms with Gasteiger partial charge in [0, 0.05) is 37.3 Å². The molecule has 9 heteroatoms. The third-order valence-electron chi connectivity index (χ3n) is 5.71. The highest BCUT2D eigenvalue weighted by Gasteiger charge is 2.63. The Bertz CT molecular complexity index is 761. The topological polar surface area (TPSA) is 89.5 Å². The second-order valence-electron chi connectivity index (χ2n) is 7.17. The second-order valence-corrected chi connectivity index (χ2v) is 9.62. The summed E-state index contributed by atoms with van der Waals surface area (Å²) < 4.78 is 42.7. The first-order valence-corrected chi connectivity index (χ1v) is 10.1. The summed E-state index contributed by atoms with van der Waals surface area (Å²) in [5, 5.41) is 0. The number of hydrogen-bond acceptors (Lipinski definition) is 6. The van der Waals surface area contributed by atoms with Crippen molar-refractivity contribution in [2.75, 3.05) is 25.4 Å². The van der Waals surface area contributed by atoms with Crippen molar-refractivity contribution in [2.45, 2.75) is 30.2 Å². The van der Waals surface area contributed by atoms with Gasteiger partial charge in [0.1, 0.15) is 10.9 Å². The summed E-state index contributed by atoms with van der Waals surface area (Å²) in [7, 11) is -3.28. The summed E-state index contributed by atoms with van der Waals surface area (Å²) >= 11 is 0. The molecule has 7 nitrogen and oxygen atoms in total. The van der Waals surface area contributed by atoms with Gasteiger partial charge in [0.05, 0.1) is 12.4 Å². The van der Waals surface area contributed by atoms with E-state index in [9.17, 15) is 17.6 Å². The van der Waals surface area contributed by atoms with E-state index in [0.717, 1.165) is 0 Å². The molecule has 1 saturated carbocycles. The predicted octanol–water partition coefficient (Wildman–Crippen LogP) is 0.619. The molecule has 0 radical (unpaired) electrons. The van der Waals surface area contributed by atoms with Gasteiger partial charge in [0.2, 0.25) is 5.91 Å². The lowest BCUT2D eigenvalue weighted by Gasteiger charge is -2.51. The maximum absolute atomic E-state index is 13.0. The zero-order valence-corrected chi connectivity index (χ0v) is 14.5. The van der Waals surface area contributed by atoms with Crippen LogP contribution in [0.4, 0.5) is 4.39 Å². The SMILES string of the molecule is O=C(C1CC(F)C1)N1CC2(C1)[C@H](COc1ncccn1)CCS2(=O)=O. The Morgan fingerprint density at radius 1 is 1.32 bits per heavy atom. The first-order chi connectivity index (χ1) is 11.9. The van der Waals surface area contributed by atoms with E-state index in [1.54, 1.807) is 23.4 Å². The Morgan fingerprint density at radius 3 is 2.64 bits per heavy atom. The summed E-state index contributed by atoms with van der Waals surface area (Å²) in [4.78, 5) is 21.8. The molecule has 1 spiro atoms. The van der Waals surface area contributed by atoms with Crippen molar-refractivity contribution >= 4 is 15.7 Å². The van der Waals surface area contributed by atoms with E-state index >= 15 is 0 Å². The van der Waals surface area contributed by atoms with Crippen LogP contribution in [0.3, 0.4) is 0 Å². The number of carbonyl (C=O) groups is 1. The van der Waals surface area contributed by atoms with Crippen molar-refractivity contribution in [2.24, 2.45) is 11.8 Å². The highest BCUT2D eigenvalue weighted by molar-refractivity contribution is 7.93. The Labute approximate surface area is 145 Å². The van der Waals surface area contributed by atoms with E-state index in [2.05, 4.69) is 9.97 Å². The molecular formula is C16H20FN3O4S. The minimum absolute atomic E-state index is 0.106. The van der Waals surface area contributed by atoms with Crippen LogP contribution in [0.5, 0.6) is 6.01 Å². The lowest BCUT2D eigenvalue weighted by atomic mass is 9.79. The van der Waals surface area contributed by atoms with Gasteiger partial charge in [-0.2, -0.15) is 0 Å². The molecule has 2 saturated heterocycles. The van der Waals surface area contributed by atoms with E-state index in [4.69, 9.17) is 4.74 Å². The maximum atomic E-state index is 13.0. The molecule has 0 N–H and O–H groups in total. The average Bonchev–Trinajstić information content (AvgIpc) is 2.79. The molecule has 1 aliphatic carbocycles. The summed E-state index contributed by atoms with van der Waals surface area (Å²) in [6.45, 7) is 0.581. The fourth-order valence-electron chi connectivity index (χ4n) is 4.01. The highest BCUT2D eigenvalue weighted by atomic mass is 32.2. The van der Waals surface area contributed by atoms with Crippen LogP contribution in [0.25, 0.3) is 0 Å². The molecule has 0 unspecified atom stereocenters. The number of hydrogen-bond donors (Lipinski definition) is 0. The highest BCUT2D eigenvalue weighted by Crippen LogP contribution is 2.46. The molecular weight excluding hydrogens is 349 g/mol. The Hall–Kier alpha value is -1.77. The lowest BCUT2D eigenvalue weighted by molar-refractivity contribution is -0.147. The van der Waals surface area contributed by atoms with Crippen molar-refractivity contribution in [1.82, 2.24) is 14.9 Å². The van der Waals surface area contributed by atoms with Gasteiger partial charge in [-0.1, -0.05) is 0 Å². The van der Waals surface area contributed by atoms with Gasteiger partial charge in [-0.3, -0.25) is 4.79 Å². The molecule has 3 heterocycles. The number of ether oxygens (including phenoxy) is 1. The molecule has 0 bridgehead atoms. The van der Waals surface area contributed by atoms with Crippen LogP contribution in [0.2, 0.25) is 0 Å². The molecule has 136 valence electrons. The summed E-state index contributed by atoms with van der Waals surface area (Å²) in [6.07, 6.45) is 3.24. The molecule has 3 aliphatic rings. The van der Waals surface area contributed by atoms with Crippen molar-refractivity contribution in [1.29, 1.82) is 0 Å². The maximum Gasteiger partial charge on any atom is 0.316 e. The van der Waals surface area contributed by atoms with Crippen molar-refractivity contribution in [3.63, 3.8) is 0 Å². The van der Waals surface area contributed by atoms with Crippen LogP contribution in [-0.2, 0) is 14.6 Å². The summed E-state index contributed by atoms with van der Waals surface area (Å²) in [6, 6.07) is 1.89. The van der Waals surface area contributed by atoms with Crippen molar-refractivity contribution in [3.8, 4) is 6.01 Å². The van der Waals surface area contributed by atoms with Gasteiger partial charge in [-0.15, -0.1) is 0 Å². The van der Waals surface area contributed by atoms with Crippen LogP contribution < -0.4 is 4.74 Å². The minimum atomic E-state index is -3.28. The number of carbonyl (C=O) groups excluding carboxylic acids is 1. The number of likely N-dealkylation sites (tertiary alicyclic amines) is 1. The van der Waals surface area contributed by atoms with Crippen molar-refractivity contribution in [3.05, 3.63) is 18.5 Å². The van der Waals surface area contributed by atoms with Gasteiger partial charge in [0.15, 0.2) is 9.84 Å². The Kier molecular flexibility index (Phi) is 3.93. The van der Waals surface area contributed by atoms with Crippen LogP contribution in [0, 0.1) is 11.8 Å². The average molecular weight is 369 g/mol. The second kappa shape index (κ2) is 5.89. The standard InChI is InChI=1S/C16H20FN3O4S/c17-13-6-11(7-13)14(21)20-9-16(10-20)12(2-5-25(16,22)23)8-24-15-18-3-1-4-19-15/h1,3-4,11-13H,2,5-10H2/t11?,12-,13?/m0/s1. The number of nitrogens with zero attached hydrogens (tertiary/aromatic N) is 3. The third kappa shape index (κ3) is 2.68. The molecule has 1 amide bonds. The van der Waals surface area contributed by atoms with E-state index < -0.39 is 20.8 Å². The molecule has 1 aromatic heterocycles. The number of alkyl halides is 1. The molecule has 2 aliphatic heterocycles. The summed E-state index contributed by atoms with van der Waals surface area (Å²) in [5.74, 6) is -0.494. The number of aromatic nitrogens is 2. The number of sulfone groups is 1. The largest absolute Gasteiger partial charge is 0.463 e. The fraction of sp³-hybridized carbons (Fsp3) is 0.688. The van der Waals surface area contributed by atoms with Gasteiger partial charge < -0.3 is 9.64 Å². The zero-order valence-electron chi connectivity index (χ0n) is 13.7. The Balaban J connectivity index is 1.42. The molecule has 3 fully saturated rings. The molecule has 4 rings (SSSR count). The monoisotopic (exact) mass is 369 g/mol. The first-order valence-electron chi connectivity index (χ1n) is 8.46. The Morgan fingerprint density at radius 2 is 2.00 bits per heavy atom. The first kappa shape index (κ1) is 16.7. The van der Waals surface area contributed by atoms with Crippen LogP contribution in [0.15, 0.2) is 18.5 Å². The number of halogens is 1. The normalized spacial score (nSPS) is 32.0. The fourth-order valence-corrected chi connectivity index (χ4v) is 6.41. The predicted molar refractivity (Wildman–Crippen MR) is 86.4 cm³/mol. The van der Waals surface area contributed by atoms with E-state index in [0.29, 0.717) is 6.42 Å². The lowest BCUT2D eigenvalue weighted by Crippen LogP contribution is -2.70. The summed E-state index contributed by atoms with van der Waals surface area (Å²) in [5.41, 5.74) is 0. The van der Waals surface area contributed by atoms with Crippen LogP contribution >= 0.6 is 0 Å². The van der Waals surface area contributed by atoms with E-state index in [-0.39, 0.29) is 62.0 Å². The molecule has 1 aromatic rings. The number of amides is 1. The third-order valence-corrected chi connectivity index (χ3v) is 8.32. The molecule has 0 aromatic carbocycles. The van der Waals surface area contributed by atoms with Gasteiger partial charge >= 0.3 is 6.01 Å². The molecule has 25 heavy (non-hydrogen) atoms. The van der Waals surface area contributed by atoms with Gasteiger partial charge in [0.25, 0.3) is 0 Å².